The molecule has 0 bridgehead atoms. The Hall–Kier alpha value is -1.33. The van der Waals surface area contributed by atoms with E-state index in [4.69, 9.17) is 14.6 Å². The average Bonchev–Trinajstić information content (AvgIpc) is 2.23. The Morgan fingerprint density at radius 3 is 2.62 bits per heavy atom. The number of hydrogen-bond acceptors (Lipinski definition) is 5. The van der Waals surface area contributed by atoms with Crippen LogP contribution in [0.15, 0.2) is 21.5 Å². The highest BCUT2D eigenvalue weighted by Crippen LogP contribution is 2.15. The SMILES string of the molecule is CN(Cc1cc(=O)c(O)co1)C(C)(C)CO. The van der Waals surface area contributed by atoms with Crippen molar-refractivity contribution in [2.24, 2.45) is 0 Å². The Bertz CT molecular complexity index is 411. The Morgan fingerprint density at radius 2 is 2.12 bits per heavy atom. The van der Waals surface area contributed by atoms with Crippen LogP contribution in [0, 0.1) is 0 Å². The standard InChI is InChI=1S/C11H17NO4/c1-11(2,7-13)12(3)5-8-4-9(14)10(15)6-16-8/h4,6,13,15H,5,7H2,1-3H3. The molecule has 1 heterocycles. The van der Waals surface area contributed by atoms with E-state index in [0.717, 1.165) is 6.26 Å². The number of rotatable bonds is 4. The van der Waals surface area contributed by atoms with Crippen LogP contribution in [-0.2, 0) is 6.54 Å². The third kappa shape index (κ3) is 2.84. The van der Waals surface area contributed by atoms with Crippen LogP contribution in [0.4, 0.5) is 0 Å². The van der Waals surface area contributed by atoms with E-state index in [-0.39, 0.29) is 6.61 Å². The first-order valence-electron chi connectivity index (χ1n) is 4.99. The molecule has 0 aliphatic rings. The lowest BCUT2D eigenvalue weighted by Gasteiger charge is -2.33. The molecule has 16 heavy (non-hydrogen) atoms. The number of aliphatic hydroxyl groups excluding tert-OH is 1. The van der Waals surface area contributed by atoms with Crippen molar-refractivity contribution in [1.29, 1.82) is 0 Å². The largest absolute Gasteiger partial charge is 0.502 e. The van der Waals surface area contributed by atoms with Crippen LogP contribution in [0.5, 0.6) is 5.75 Å². The number of likely N-dealkylation sites (N-methyl/N-ethyl adjacent to an activating group) is 1. The fraction of sp³-hybridized carbons (Fsp3) is 0.545. The van der Waals surface area contributed by atoms with Gasteiger partial charge in [-0.25, -0.2) is 0 Å². The van der Waals surface area contributed by atoms with Gasteiger partial charge in [0.1, 0.15) is 12.0 Å². The van der Waals surface area contributed by atoms with Gasteiger partial charge in [-0.05, 0) is 20.9 Å². The van der Waals surface area contributed by atoms with Crippen molar-refractivity contribution in [3.8, 4) is 5.75 Å². The quantitative estimate of drug-likeness (QED) is 0.785. The van der Waals surface area contributed by atoms with Gasteiger partial charge in [0.15, 0.2) is 5.75 Å². The minimum Gasteiger partial charge on any atom is -0.502 e. The van der Waals surface area contributed by atoms with Gasteiger partial charge < -0.3 is 14.6 Å². The van der Waals surface area contributed by atoms with Crippen molar-refractivity contribution in [2.45, 2.75) is 25.9 Å². The predicted molar refractivity (Wildman–Crippen MR) is 59.3 cm³/mol. The molecular formula is C11H17NO4. The third-order valence-electron chi connectivity index (χ3n) is 2.68. The summed E-state index contributed by atoms with van der Waals surface area (Å²) in [5.74, 6) is 0.0552. The maximum Gasteiger partial charge on any atom is 0.226 e. The molecule has 1 rings (SSSR count). The molecule has 0 saturated carbocycles. The number of hydrogen-bond donors (Lipinski definition) is 2. The molecule has 0 amide bonds. The Kier molecular flexibility index (Phi) is 3.72. The van der Waals surface area contributed by atoms with Crippen LogP contribution in [0.3, 0.4) is 0 Å². The minimum absolute atomic E-state index is 0.00577. The van der Waals surface area contributed by atoms with Gasteiger partial charge >= 0.3 is 0 Å². The second-order valence-electron chi connectivity index (χ2n) is 4.42. The van der Waals surface area contributed by atoms with E-state index in [9.17, 15) is 4.79 Å². The Morgan fingerprint density at radius 1 is 1.50 bits per heavy atom. The molecule has 5 heteroatoms. The fourth-order valence-corrected chi connectivity index (χ4v) is 1.10. The summed E-state index contributed by atoms with van der Waals surface area (Å²) in [4.78, 5) is 13.0. The molecule has 0 atom stereocenters. The highest BCUT2D eigenvalue weighted by molar-refractivity contribution is 5.15. The minimum atomic E-state index is -0.462. The summed E-state index contributed by atoms with van der Waals surface area (Å²) in [6.45, 7) is 4.16. The second-order valence-corrected chi connectivity index (χ2v) is 4.42. The lowest BCUT2D eigenvalue weighted by Crippen LogP contribution is -2.43. The molecule has 0 unspecified atom stereocenters. The van der Waals surface area contributed by atoms with Crippen LogP contribution in [0.2, 0.25) is 0 Å². The number of aliphatic hydroxyl groups is 1. The van der Waals surface area contributed by atoms with Gasteiger partial charge in [-0.1, -0.05) is 0 Å². The molecule has 0 aliphatic heterocycles. The van der Waals surface area contributed by atoms with Crippen molar-refractivity contribution in [3.05, 3.63) is 28.3 Å². The van der Waals surface area contributed by atoms with Gasteiger partial charge in [-0.3, -0.25) is 9.69 Å². The zero-order valence-corrected chi connectivity index (χ0v) is 9.73. The molecule has 0 aliphatic carbocycles. The first kappa shape index (κ1) is 12.7. The van der Waals surface area contributed by atoms with Gasteiger partial charge in [-0.15, -0.1) is 0 Å². The topological polar surface area (TPSA) is 73.9 Å². The molecule has 5 nitrogen and oxygen atoms in total. The summed E-state index contributed by atoms with van der Waals surface area (Å²) in [6.07, 6.45) is 1.03. The smallest absolute Gasteiger partial charge is 0.226 e. The summed E-state index contributed by atoms with van der Waals surface area (Å²) in [7, 11) is 1.82. The normalized spacial score (nSPS) is 12.1. The predicted octanol–water partition coefficient (Wildman–Crippen LogP) is 0.548. The summed E-state index contributed by atoms with van der Waals surface area (Å²) in [6, 6.07) is 1.25. The zero-order valence-electron chi connectivity index (χ0n) is 9.73. The van der Waals surface area contributed by atoms with E-state index in [2.05, 4.69) is 0 Å². The molecule has 1 aromatic rings. The summed E-state index contributed by atoms with van der Waals surface area (Å²) >= 11 is 0. The second kappa shape index (κ2) is 4.67. The highest BCUT2D eigenvalue weighted by atomic mass is 16.4. The van der Waals surface area contributed by atoms with Gasteiger partial charge in [0.2, 0.25) is 5.43 Å². The number of nitrogens with zero attached hydrogens (tertiary/aromatic N) is 1. The first-order chi connectivity index (χ1) is 7.36. The first-order valence-corrected chi connectivity index (χ1v) is 4.99. The maximum atomic E-state index is 11.2. The van der Waals surface area contributed by atoms with E-state index in [1.54, 1.807) is 0 Å². The zero-order chi connectivity index (χ0) is 12.3. The van der Waals surface area contributed by atoms with E-state index in [1.807, 2.05) is 25.8 Å². The van der Waals surface area contributed by atoms with Crippen molar-refractivity contribution >= 4 is 0 Å². The van der Waals surface area contributed by atoms with E-state index in [1.165, 1.54) is 6.07 Å². The molecule has 2 N–H and O–H groups in total. The van der Waals surface area contributed by atoms with Crippen LogP contribution < -0.4 is 5.43 Å². The van der Waals surface area contributed by atoms with Crippen LogP contribution in [-0.4, -0.2) is 34.3 Å². The summed E-state index contributed by atoms with van der Waals surface area (Å²) in [5, 5.41) is 18.2. The molecule has 0 radical (unpaired) electrons. The van der Waals surface area contributed by atoms with Crippen molar-refractivity contribution in [3.63, 3.8) is 0 Å². The monoisotopic (exact) mass is 227 g/mol. The maximum absolute atomic E-state index is 11.2. The highest BCUT2D eigenvalue weighted by Gasteiger charge is 2.23. The average molecular weight is 227 g/mol. The molecule has 0 fully saturated rings. The van der Waals surface area contributed by atoms with Crippen molar-refractivity contribution in [1.82, 2.24) is 4.90 Å². The van der Waals surface area contributed by atoms with E-state index < -0.39 is 16.7 Å². The summed E-state index contributed by atoms with van der Waals surface area (Å²) < 4.78 is 5.08. The molecule has 1 aromatic heterocycles. The van der Waals surface area contributed by atoms with Crippen molar-refractivity contribution in [2.75, 3.05) is 13.7 Å². The lowest BCUT2D eigenvalue weighted by atomic mass is 10.1. The third-order valence-corrected chi connectivity index (χ3v) is 2.68. The summed E-state index contributed by atoms with van der Waals surface area (Å²) in [5.41, 5.74) is -0.854. The van der Waals surface area contributed by atoms with Gasteiger partial charge in [-0.2, -0.15) is 0 Å². The van der Waals surface area contributed by atoms with Gasteiger partial charge in [0.05, 0.1) is 13.2 Å². The molecule has 0 aromatic carbocycles. The Balaban J connectivity index is 2.81. The number of aromatic hydroxyl groups is 1. The van der Waals surface area contributed by atoms with Crippen LogP contribution in [0.25, 0.3) is 0 Å². The lowest BCUT2D eigenvalue weighted by molar-refractivity contribution is 0.0676. The van der Waals surface area contributed by atoms with Crippen molar-refractivity contribution < 1.29 is 14.6 Å². The van der Waals surface area contributed by atoms with Crippen LogP contribution in [0.1, 0.15) is 19.6 Å². The molecule has 90 valence electrons. The molecule has 0 saturated heterocycles. The van der Waals surface area contributed by atoms with Gasteiger partial charge in [0.25, 0.3) is 0 Å². The van der Waals surface area contributed by atoms with Gasteiger partial charge in [0, 0.05) is 11.6 Å². The van der Waals surface area contributed by atoms with E-state index in [0.29, 0.717) is 12.3 Å². The fourth-order valence-electron chi connectivity index (χ4n) is 1.10. The molecule has 0 spiro atoms. The van der Waals surface area contributed by atoms with E-state index >= 15 is 0 Å². The van der Waals surface area contributed by atoms with Crippen LogP contribution >= 0.6 is 0 Å². The molecular weight excluding hydrogens is 210 g/mol. The Labute approximate surface area is 93.9 Å².